The lowest BCUT2D eigenvalue weighted by Gasteiger charge is -2.16. The van der Waals surface area contributed by atoms with Gasteiger partial charge in [0.2, 0.25) is 0 Å². The first-order valence-electron chi connectivity index (χ1n) is 14.9. The van der Waals surface area contributed by atoms with Crippen LogP contribution in [0.4, 0.5) is 16.2 Å². The van der Waals surface area contributed by atoms with Crippen molar-refractivity contribution in [3.05, 3.63) is 106 Å². The van der Waals surface area contributed by atoms with Crippen molar-refractivity contribution in [3.8, 4) is 11.1 Å². The molecule has 2 N–H and O–H groups in total. The van der Waals surface area contributed by atoms with Crippen molar-refractivity contribution in [2.75, 3.05) is 36.9 Å². The Morgan fingerprint density at radius 3 is 2.00 bits per heavy atom. The van der Waals surface area contributed by atoms with Gasteiger partial charge in [0.05, 0.1) is 23.8 Å². The summed E-state index contributed by atoms with van der Waals surface area (Å²) in [5, 5.41) is 6.21. The van der Waals surface area contributed by atoms with E-state index in [1.54, 1.807) is 41.6 Å². The molecule has 2 aromatic heterocycles. The summed E-state index contributed by atoms with van der Waals surface area (Å²) in [6.45, 7) is 6.20. The first-order valence-corrected chi connectivity index (χ1v) is 15.3. The average Bonchev–Trinajstić information content (AvgIpc) is 3.71. The topological polar surface area (TPSA) is 117 Å². The molecule has 0 aliphatic carbocycles. The molecular formula is C34H33ClN6O4. The van der Waals surface area contributed by atoms with E-state index in [1.165, 1.54) is 12.8 Å². The summed E-state index contributed by atoms with van der Waals surface area (Å²) in [6.07, 6.45) is 5.43. The van der Waals surface area contributed by atoms with E-state index >= 15 is 0 Å². The quantitative estimate of drug-likeness (QED) is 0.229. The second-order valence-electron chi connectivity index (χ2n) is 11.2. The predicted molar refractivity (Wildman–Crippen MR) is 172 cm³/mol. The minimum atomic E-state index is -0.367. The molecule has 2 aliphatic heterocycles. The Morgan fingerprint density at radius 2 is 1.40 bits per heavy atom. The van der Waals surface area contributed by atoms with Gasteiger partial charge in [-0.15, -0.1) is 0 Å². The van der Waals surface area contributed by atoms with Crippen molar-refractivity contribution < 1.29 is 19.1 Å². The first-order chi connectivity index (χ1) is 21.9. The lowest BCUT2D eigenvalue weighted by Crippen LogP contribution is -2.23. The zero-order chi connectivity index (χ0) is 31.3. The lowest BCUT2D eigenvalue weighted by molar-refractivity contribution is 0.101. The number of rotatable bonds is 9. The molecule has 3 amide bonds. The summed E-state index contributed by atoms with van der Waals surface area (Å²) in [6, 6.07) is 18.1. The number of pyridine rings is 2. The van der Waals surface area contributed by atoms with Crippen LogP contribution in [-0.2, 0) is 17.8 Å². The van der Waals surface area contributed by atoms with E-state index in [-0.39, 0.29) is 23.6 Å². The molecule has 0 saturated carbocycles. The standard InChI is InChI=1S/C34H33ClN6O4/c1-22-25(6-4-8-27(22)38-32(42)29-13-11-24(19-37-29)21-41-16-17-45-34(41)44)26-7-5-9-28(31(26)35)39-33(43)30-12-10-23(18-36-30)20-40-14-2-3-15-40/h4-13,18-19H,2-3,14-17,20-21H2,1H3,(H,38,42)(H,39,43). The summed E-state index contributed by atoms with van der Waals surface area (Å²) >= 11 is 6.84. The molecule has 2 aromatic carbocycles. The number of anilines is 2. The maximum absolute atomic E-state index is 13.1. The fourth-order valence-corrected chi connectivity index (χ4v) is 5.84. The molecule has 45 heavy (non-hydrogen) atoms. The molecule has 0 radical (unpaired) electrons. The fraction of sp³-hybridized carbons (Fsp3) is 0.265. The van der Waals surface area contributed by atoms with Crippen LogP contribution < -0.4 is 10.6 Å². The van der Waals surface area contributed by atoms with E-state index in [4.69, 9.17) is 16.3 Å². The third-order valence-corrected chi connectivity index (χ3v) is 8.46. The Labute approximate surface area is 266 Å². The number of halogens is 1. The van der Waals surface area contributed by atoms with Crippen LogP contribution in [0.3, 0.4) is 0 Å². The van der Waals surface area contributed by atoms with Crippen molar-refractivity contribution in [2.24, 2.45) is 0 Å². The predicted octanol–water partition coefficient (Wildman–Crippen LogP) is 6.16. The number of cyclic esters (lactones) is 1. The molecule has 2 fully saturated rings. The van der Waals surface area contributed by atoms with Crippen molar-refractivity contribution in [2.45, 2.75) is 32.9 Å². The van der Waals surface area contributed by atoms with Crippen LogP contribution in [0.15, 0.2) is 73.1 Å². The summed E-state index contributed by atoms with van der Waals surface area (Å²) in [5.41, 5.74) is 5.81. The Bertz CT molecular complexity index is 1720. The average molecular weight is 625 g/mol. The van der Waals surface area contributed by atoms with Crippen LogP contribution in [0.25, 0.3) is 11.1 Å². The minimum Gasteiger partial charge on any atom is -0.448 e. The molecule has 6 rings (SSSR count). The lowest BCUT2D eigenvalue weighted by atomic mass is 9.98. The second-order valence-corrected chi connectivity index (χ2v) is 11.6. The molecule has 230 valence electrons. The highest BCUT2D eigenvalue weighted by atomic mass is 35.5. The van der Waals surface area contributed by atoms with Gasteiger partial charge in [-0.3, -0.25) is 24.5 Å². The summed E-state index contributed by atoms with van der Waals surface area (Å²) in [7, 11) is 0. The van der Waals surface area contributed by atoms with Crippen LogP contribution in [0, 0.1) is 6.92 Å². The number of amides is 3. The second kappa shape index (κ2) is 13.5. The third-order valence-electron chi connectivity index (χ3n) is 8.06. The number of hydrogen-bond acceptors (Lipinski definition) is 7. The highest BCUT2D eigenvalue weighted by molar-refractivity contribution is 6.36. The molecule has 11 heteroatoms. The number of carbonyl (C=O) groups is 3. The Kier molecular flexibility index (Phi) is 9.04. The van der Waals surface area contributed by atoms with Crippen molar-refractivity contribution in [3.63, 3.8) is 0 Å². The number of nitrogens with one attached hydrogen (secondary N) is 2. The molecule has 4 aromatic rings. The van der Waals surface area contributed by atoms with Crippen molar-refractivity contribution >= 4 is 40.9 Å². The molecular weight excluding hydrogens is 592 g/mol. The van der Waals surface area contributed by atoms with Crippen LogP contribution in [0.1, 0.15) is 50.5 Å². The van der Waals surface area contributed by atoms with Crippen LogP contribution in [0.5, 0.6) is 0 Å². The number of nitrogens with zero attached hydrogens (tertiary/aromatic N) is 4. The number of carbonyl (C=O) groups excluding carboxylic acids is 3. The summed E-state index contributed by atoms with van der Waals surface area (Å²) < 4.78 is 4.96. The monoisotopic (exact) mass is 624 g/mol. The van der Waals surface area contributed by atoms with Gasteiger partial charge in [0, 0.05) is 30.2 Å². The van der Waals surface area contributed by atoms with Gasteiger partial charge in [-0.05, 0) is 79.4 Å². The molecule has 0 atom stereocenters. The van der Waals surface area contributed by atoms with Crippen LogP contribution in [-0.4, -0.2) is 63.9 Å². The zero-order valence-corrected chi connectivity index (χ0v) is 25.6. The van der Waals surface area contributed by atoms with Gasteiger partial charge in [-0.1, -0.05) is 48.0 Å². The van der Waals surface area contributed by atoms with Crippen molar-refractivity contribution in [1.82, 2.24) is 19.8 Å². The fourth-order valence-electron chi connectivity index (χ4n) is 5.57. The molecule has 0 unspecified atom stereocenters. The Hall–Kier alpha value is -4.80. The summed E-state index contributed by atoms with van der Waals surface area (Å²) in [5.74, 6) is -0.716. The highest BCUT2D eigenvalue weighted by Crippen LogP contribution is 2.37. The van der Waals surface area contributed by atoms with E-state index in [0.29, 0.717) is 47.4 Å². The van der Waals surface area contributed by atoms with Gasteiger partial charge in [-0.25, -0.2) is 4.79 Å². The number of ether oxygens (including phenoxy) is 1. The molecule has 2 aliphatic rings. The number of likely N-dealkylation sites (tertiary alicyclic amines) is 1. The smallest absolute Gasteiger partial charge is 0.410 e. The van der Waals surface area contributed by atoms with E-state index in [2.05, 4.69) is 25.5 Å². The van der Waals surface area contributed by atoms with Gasteiger partial charge in [0.1, 0.15) is 18.0 Å². The van der Waals surface area contributed by atoms with E-state index in [0.717, 1.165) is 41.9 Å². The normalized spacial score (nSPS) is 14.8. The number of aromatic nitrogens is 2. The maximum atomic E-state index is 13.1. The Morgan fingerprint density at radius 1 is 0.800 bits per heavy atom. The first kappa shape index (κ1) is 30.2. The van der Waals surface area contributed by atoms with Gasteiger partial charge >= 0.3 is 6.09 Å². The van der Waals surface area contributed by atoms with E-state index < -0.39 is 0 Å². The van der Waals surface area contributed by atoms with Crippen molar-refractivity contribution in [1.29, 1.82) is 0 Å². The van der Waals surface area contributed by atoms with Crippen LogP contribution in [0.2, 0.25) is 5.02 Å². The number of hydrogen-bond donors (Lipinski definition) is 2. The highest BCUT2D eigenvalue weighted by Gasteiger charge is 2.22. The molecule has 4 heterocycles. The van der Waals surface area contributed by atoms with Gasteiger partial charge in [0.25, 0.3) is 11.8 Å². The molecule has 0 bridgehead atoms. The third kappa shape index (κ3) is 6.97. The minimum absolute atomic E-state index is 0.244. The van der Waals surface area contributed by atoms with Gasteiger partial charge < -0.3 is 20.3 Å². The summed E-state index contributed by atoms with van der Waals surface area (Å²) in [4.78, 5) is 50.5. The SMILES string of the molecule is Cc1c(NC(=O)c2ccc(CN3CCOC3=O)cn2)cccc1-c1cccc(NC(=O)c2ccc(CN3CCCC3)cn2)c1Cl. The Balaban J connectivity index is 1.13. The molecule has 10 nitrogen and oxygen atoms in total. The van der Waals surface area contributed by atoms with Gasteiger partial charge in [0.15, 0.2) is 0 Å². The zero-order valence-electron chi connectivity index (χ0n) is 24.9. The largest absolute Gasteiger partial charge is 0.448 e. The number of benzene rings is 2. The van der Waals surface area contributed by atoms with Crippen LogP contribution >= 0.6 is 11.6 Å². The van der Waals surface area contributed by atoms with E-state index in [9.17, 15) is 14.4 Å². The molecule has 0 spiro atoms. The maximum Gasteiger partial charge on any atom is 0.410 e. The van der Waals surface area contributed by atoms with Gasteiger partial charge in [-0.2, -0.15) is 0 Å². The van der Waals surface area contributed by atoms with E-state index in [1.807, 2.05) is 43.3 Å². The molecule has 2 saturated heterocycles.